The number of aromatic amines is 1. The van der Waals surface area contributed by atoms with Gasteiger partial charge in [0.1, 0.15) is 12.3 Å². The summed E-state index contributed by atoms with van der Waals surface area (Å²) in [7, 11) is 3.93. The number of aromatic nitrogens is 3. The fourth-order valence-electron chi connectivity index (χ4n) is 3.33. The highest BCUT2D eigenvalue weighted by Gasteiger charge is 2.21. The van der Waals surface area contributed by atoms with Crippen molar-refractivity contribution in [2.24, 2.45) is 0 Å². The van der Waals surface area contributed by atoms with Gasteiger partial charge < -0.3 is 19.9 Å². The Bertz CT molecular complexity index is 1240. The molecule has 2 N–H and O–H groups in total. The molecule has 30 heavy (non-hydrogen) atoms. The summed E-state index contributed by atoms with van der Waals surface area (Å²) in [5, 5.41) is 5.28. The predicted octanol–water partition coefficient (Wildman–Crippen LogP) is 4.27. The second-order valence-electron chi connectivity index (χ2n) is 7.27. The summed E-state index contributed by atoms with van der Waals surface area (Å²) < 4.78 is 6.01. The van der Waals surface area contributed by atoms with Crippen molar-refractivity contribution in [1.29, 1.82) is 0 Å². The molecule has 3 heterocycles. The number of halogens is 1. The molecule has 0 aliphatic carbocycles. The van der Waals surface area contributed by atoms with Crippen LogP contribution in [0.1, 0.15) is 16.1 Å². The first-order chi connectivity index (χ1) is 14.5. The summed E-state index contributed by atoms with van der Waals surface area (Å²) in [6, 6.07) is 7.24. The summed E-state index contributed by atoms with van der Waals surface area (Å²) in [5.41, 5.74) is 3.21. The number of rotatable bonds is 6. The monoisotopic (exact) mass is 423 g/mol. The zero-order valence-electron chi connectivity index (χ0n) is 17.0. The van der Waals surface area contributed by atoms with Crippen molar-refractivity contribution >= 4 is 45.0 Å². The van der Waals surface area contributed by atoms with E-state index in [-0.39, 0.29) is 5.91 Å². The predicted molar refractivity (Wildman–Crippen MR) is 120 cm³/mol. The number of H-pyrrole nitrogens is 1. The fraction of sp³-hybridized carbons (Fsp3) is 0.227. The third-order valence-corrected chi connectivity index (χ3v) is 5.16. The number of nitrogens with zero attached hydrogens (tertiary/aromatic N) is 3. The number of anilines is 1. The first kappa shape index (κ1) is 20.1. The minimum atomic E-state index is -0.279. The van der Waals surface area contributed by atoms with Crippen molar-refractivity contribution in [2.75, 3.05) is 32.6 Å². The molecule has 0 aliphatic rings. The van der Waals surface area contributed by atoms with Crippen molar-refractivity contribution in [3.63, 3.8) is 0 Å². The summed E-state index contributed by atoms with van der Waals surface area (Å²) in [5.74, 6) is 0.152. The van der Waals surface area contributed by atoms with Crippen LogP contribution in [0.15, 0.2) is 42.9 Å². The van der Waals surface area contributed by atoms with Crippen LogP contribution in [0.3, 0.4) is 0 Å². The number of carbonyl (C=O) groups is 1. The Morgan fingerprint density at radius 1 is 1.27 bits per heavy atom. The average molecular weight is 424 g/mol. The summed E-state index contributed by atoms with van der Waals surface area (Å²) in [6.45, 7) is 2.93. The second kappa shape index (κ2) is 8.30. The van der Waals surface area contributed by atoms with E-state index in [0.29, 0.717) is 40.9 Å². The Kier molecular flexibility index (Phi) is 5.57. The van der Waals surface area contributed by atoms with E-state index in [1.807, 2.05) is 31.1 Å². The highest BCUT2D eigenvalue weighted by atomic mass is 35.5. The number of benzene rings is 1. The number of pyridine rings is 2. The highest BCUT2D eigenvalue weighted by Crippen LogP contribution is 2.42. The lowest BCUT2D eigenvalue weighted by atomic mass is 10.1. The molecular formula is C22H22ClN5O2. The molecule has 0 spiro atoms. The number of nitrogens with one attached hydrogen (secondary N) is 2. The van der Waals surface area contributed by atoms with E-state index < -0.39 is 0 Å². The number of ether oxygens (including phenoxy) is 1. The normalized spacial score (nSPS) is 11.4. The first-order valence-corrected chi connectivity index (χ1v) is 9.92. The molecule has 0 saturated carbocycles. The lowest BCUT2D eigenvalue weighted by Crippen LogP contribution is -2.20. The molecule has 3 aromatic heterocycles. The zero-order chi connectivity index (χ0) is 21.3. The van der Waals surface area contributed by atoms with Crippen LogP contribution in [0, 0.1) is 6.92 Å². The molecule has 0 saturated heterocycles. The van der Waals surface area contributed by atoms with Crippen LogP contribution in [0.2, 0.25) is 5.02 Å². The highest BCUT2D eigenvalue weighted by molar-refractivity contribution is 6.35. The first-order valence-electron chi connectivity index (χ1n) is 9.54. The molecule has 0 fully saturated rings. The van der Waals surface area contributed by atoms with Crippen LogP contribution < -0.4 is 10.1 Å². The van der Waals surface area contributed by atoms with Gasteiger partial charge in [0.05, 0.1) is 27.8 Å². The van der Waals surface area contributed by atoms with Gasteiger partial charge in [0, 0.05) is 35.4 Å². The molecule has 4 aromatic rings. The van der Waals surface area contributed by atoms with E-state index in [1.165, 1.54) is 0 Å². The number of hydrogen-bond donors (Lipinski definition) is 2. The summed E-state index contributed by atoms with van der Waals surface area (Å²) in [4.78, 5) is 26.8. The van der Waals surface area contributed by atoms with Gasteiger partial charge >= 0.3 is 0 Å². The van der Waals surface area contributed by atoms with E-state index in [0.717, 1.165) is 21.8 Å². The SMILES string of the molecule is Cc1ncccc1C(=O)Nc1c(OCCN(C)C)c(Cl)cc2c1[nH]c1cnccc12. The van der Waals surface area contributed by atoms with Crippen molar-refractivity contribution < 1.29 is 9.53 Å². The van der Waals surface area contributed by atoms with Gasteiger partial charge in [-0.1, -0.05) is 11.6 Å². The van der Waals surface area contributed by atoms with Crippen molar-refractivity contribution in [3.8, 4) is 5.75 Å². The van der Waals surface area contributed by atoms with Crippen LogP contribution in [-0.4, -0.2) is 53.0 Å². The molecule has 0 unspecified atom stereocenters. The van der Waals surface area contributed by atoms with Gasteiger partial charge in [-0.3, -0.25) is 14.8 Å². The molecule has 7 nitrogen and oxygen atoms in total. The zero-order valence-corrected chi connectivity index (χ0v) is 17.7. The Labute approximate surface area is 179 Å². The maximum absolute atomic E-state index is 13.1. The molecule has 0 aliphatic heterocycles. The van der Waals surface area contributed by atoms with Gasteiger partial charge in [0.15, 0.2) is 5.75 Å². The number of fused-ring (bicyclic) bond motifs is 3. The number of amides is 1. The maximum Gasteiger partial charge on any atom is 0.257 e. The van der Waals surface area contributed by atoms with Gasteiger partial charge in [-0.15, -0.1) is 0 Å². The lowest BCUT2D eigenvalue weighted by molar-refractivity contribution is 0.102. The Balaban J connectivity index is 1.84. The largest absolute Gasteiger partial charge is 0.488 e. The van der Waals surface area contributed by atoms with Crippen LogP contribution in [0.4, 0.5) is 5.69 Å². The van der Waals surface area contributed by atoms with Crippen molar-refractivity contribution in [2.45, 2.75) is 6.92 Å². The van der Waals surface area contributed by atoms with Crippen molar-refractivity contribution in [1.82, 2.24) is 19.9 Å². The van der Waals surface area contributed by atoms with Gasteiger partial charge in [0.25, 0.3) is 5.91 Å². The third kappa shape index (κ3) is 3.81. The van der Waals surface area contributed by atoms with Crippen LogP contribution >= 0.6 is 11.6 Å². The number of aryl methyl sites for hydroxylation is 1. The molecule has 0 atom stereocenters. The minimum Gasteiger partial charge on any atom is -0.488 e. The van der Waals surface area contributed by atoms with Crippen LogP contribution in [0.5, 0.6) is 5.75 Å². The Morgan fingerprint density at radius 3 is 2.87 bits per heavy atom. The molecule has 0 bridgehead atoms. The van der Waals surface area contributed by atoms with Crippen molar-refractivity contribution in [3.05, 3.63) is 59.1 Å². The van der Waals surface area contributed by atoms with Crippen LogP contribution in [0.25, 0.3) is 21.8 Å². The number of carbonyl (C=O) groups excluding carboxylic acids is 1. The molecule has 0 radical (unpaired) electrons. The van der Waals surface area contributed by atoms with E-state index in [1.54, 1.807) is 37.6 Å². The minimum absolute atomic E-state index is 0.279. The molecule has 1 amide bonds. The second-order valence-corrected chi connectivity index (χ2v) is 7.68. The summed E-state index contributed by atoms with van der Waals surface area (Å²) in [6.07, 6.45) is 5.12. The standard InChI is InChI=1S/C22H22ClN5O2/c1-13-14(5-4-7-25-13)22(29)27-20-19-16(15-6-8-24-12-18(15)26-19)11-17(23)21(20)30-10-9-28(2)3/h4-8,11-12,26H,9-10H2,1-3H3,(H,27,29). The fourth-order valence-corrected chi connectivity index (χ4v) is 3.59. The maximum atomic E-state index is 13.1. The molecule has 1 aromatic carbocycles. The van der Waals surface area contributed by atoms with Gasteiger partial charge in [0.2, 0.25) is 0 Å². The topological polar surface area (TPSA) is 83.1 Å². The Hall–Kier alpha value is -3.16. The quantitative estimate of drug-likeness (QED) is 0.484. The molecular weight excluding hydrogens is 402 g/mol. The van der Waals surface area contributed by atoms with E-state index in [4.69, 9.17) is 16.3 Å². The van der Waals surface area contributed by atoms with E-state index >= 15 is 0 Å². The molecule has 154 valence electrons. The molecule has 8 heteroatoms. The van der Waals surface area contributed by atoms with E-state index in [2.05, 4.69) is 20.3 Å². The smallest absolute Gasteiger partial charge is 0.257 e. The average Bonchev–Trinajstić information content (AvgIpc) is 3.08. The van der Waals surface area contributed by atoms with Gasteiger partial charge in [-0.2, -0.15) is 0 Å². The van der Waals surface area contributed by atoms with Gasteiger partial charge in [-0.25, -0.2) is 0 Å². The number of likely N-dealkylation sites (N-methyl/N-ethyl adjacent to an activating group) is 1. The van der Waals surface area contributed by atoms with Crippen LogP contribution in [-0.2, 0) is 0 Å². The lowest BCUT2D eigenvalue weighted by Gasteiger charge is -2.17. The summed E-state index contributed by atoms with van der Waals surface area (Å²) >= 11 is 6.61. The third-order valence-electron chi connectivity index (χ3n) is 4.88. The van der Waals surface area contributed by atoms with E-state index in [9.17, 15) is 4.79 Å². The molecule has 4 rings (SSSR count). The Morgan fingerprint density at radius 2 is 2.10 bits per heavy atom. The van der Waals surface area contributed by atoms with Gasteiger partial charge in [-0.05, 0) is 45.3 Å². The number of hydrogen-bond acceptors (Lipinski definition) is 5.